The van der Waals surface area contributed by atoms with Crippen molar-refractivity contribution in [3.05, 3.63) is 28.8 Å². The highest BCUT2D eigenvalue weighted by molar-refractivity contribution is 7.91. The number of carbonyl (C=O) groups is 1. The van der Waals surface area contributed by atoms with E-state index in [1.165, 1.54) is 0 Å². The lowest BCUT2D eigenvalue weighted by Gasteiger charge is -2.24. The first kappa shape index (κ1) is 14.1. The van der Waals surface area contributed by atoms with Gasteiger partial charge in [0.25, 0.3) is 5.91 Å². The average molecular weight is 303 g/mol. The van der Waals surface area contributed by atoms with Crippen LogP contribution in [0.1, 0.15) is 23.7 Å². The molecule has 2 rings (SSSR count). The Bertz CT molecular complexity index is 630. The molecule has 1 aromatic carbocycles. The summed E-state index contributed by atoms with van der Waals surface area (Å²) in [7, 11) is -3.07. The van der Waals surface area contributed by atoms with Gasteiger partial charge in [0.1, 0.15) is 0 Å². The maximum Gasteiger partial charge on any atom is 0.253 e. The van der Waals surface area contributed by atoms with Gasteiger partial charge in [0, 0.05) is 0 Å². The number of nitrogens with two attached hydrogens (primary N) is 1. The van der Waals surface area contributed by atoms with Gasteiger partial charge >= 0.3 is 0 Å². The second-order valence-electron chi connectivity index (χ2n) is 5.06. The number of hydrogen-bond acceptors (Lipinski definition) is 4. The number of benzene rings is 1. The first-order valence-electron chi connectivity index (χ1n) is 5.79. The summed E-state index contributed by atoms with van der Waals surface area (Å²) in [5.41, 5.74) is 5.46. The summed E-state index contributed by atoms with van der Waals surface area (Å²) in [5, 5.41) is 3.04. The molecule has 1 fully saturated rings. The predicted octanol–water partition coefficient (Wildman–Crippen LogP) is 1.23. The fourth-order valence-electron chi connectivity index (χ4n) is 2.19. The highest BCUT2D eigenvalue weighted by atomic mass is 35.5. The Morgan fingerprint density at radius 2 is 2.16 bits per heavy atom. The molecule has 1 aromatic rings. The van der Waals surface area contributed by atoms with Gasteiger partial charge in [-0.1, -0.05) is 17.7 Å². The highest BCUT2D eigenvalue weighted by Crippen LogP contribution is 2.26. The van der Waals surface area contributed by atoms with Crippen molar-refractivity contribution < 1.29 is 13.2 Å². The summed E-state index contributed by atoms with van der Waals surface area (Å²) in [6, 6.07) is 4.78. The van der Waals surface area contributed by atoms with E-state index in [9.17, 15) is 13.2 Å². The third-order valence-electron chi connectivity index (χ3n) is 3.22. The van der Waals surface area contributed by atoms with Crippen LogP contribution in [0.25, 0.3) is 0 Å². The summed E-state index contributed by atoms with van der Waals surface area (Å²) in [4.78, 5) is 12.1. The zero-order valence-corrected chi connectivity index (χ0v) is 12.0. The van der Waals surface area contributed by atoms with Crippen molar-refractivity contribution in [2.75, 3.05) is 17.2 Å². The molecule has 5 nitrogen and oxygen atoms in total. The second kappa shape index (κ2) is 4.68. The van der Waals surface area contributed by atoms with Crippen molar-refractivity contribution in [1.29, 1.82) is 0 Å². The second-order valence-corrected chi connectivity index (χ2v) is 7.65. The molecular weight excluding hydrogens is 288 g/mol. The third-order valence-corrected chi connectivity index (χ3v) is 5.45. The van der Waals surface area contributed by atoms with Crippen LogP contribution in [0.5, 0.6) is 0 Å². The molecule has 104 valence electrons. The van der Waals surface area contributed by atoms with Crippen molar-refractivity contribution in [1.82, 2.24) is 5.32 Å². The normalized spacial score (nSPS) is 25.2. The minimum Gasteiger partial charge on any atom is -0.397 e. The van der Waals surface area contributed by atoms with Crippen molar-refractivity contribution in [2.45, 2.75) is 18.9 Å². The SMILES string of the molecule is CC1(NC(=O)c2cccc(Cl)c2N)CCS(=O)(=O)C1. The Morgan fingerprint density at radius 3 is 2.74 bits per heavy atom. The Kier molecular flexibility index (Phi) is 3.49. The summed E-state index contributed by atoms with van der Waals surface area (Å²) in [5.74, 6) is -0.360. The number of amides is 1. The summed E-state index contributed by atoms with van der Waals surface area (Å²) in [6.45, 7) is 1.72. The Labute approximate surface area is 117 Å². The molecule has 3 N–H and O–H groups in total. The fraction of sp³-hybridized carbons (Fsp3) is 0.417. The smallest absolute Gasteiger partial charge is 0.253 e. The van der Waals surface area contributed by atoms with Crippen LogP contribution in [0, 0.1) is 0 Å². The molecule has 1 heterocycles. The van der Waals surface area contributed by atoms with E-state index in [0.717, 1.165) is 0 Å². The Hall–Kier alpha value is -1.27. The van der Waals surface area contributed by atoms with Crippen molar-refractivity contribution >= 4 is 33.0 Å². The number of carbonyl (C=O) groups excluding carboxylic acids is 1. The summed E-state index contributed by atoms with van der Waals surface area (Å²) >= 11 is 5.85. The van der Waals surface area contributed by atoms with Gasteiger partial charge in [-0.3, -0.25) is 4.79 Å². The molecule has 1 amide bonds. The van der Waals surface area contributed by atoms with Crippen molar-refractivity contribution in [3.8, 4) is 0 Å². The molecule has 0 bridgehead atoms. The first-order valence-corrected chi connectivity index (χ1v) is 7.99. The lowest BCUT2D eigenvalue weighted by Crippen LogP contribution is -2.47. The van der Waals surface area contributed by atoms with E-state index < -0.39 is 21.3 Å². The molecule has 1 aliphatic rings. The fourth-order valence-corrected chi connectivity index (χ4v) is 4.45. The van der Waals surface area contributed by atoms with Crippen LogP contribution in [0.4, 0.5) is 5.69 Å². The van der Waals surface area contributed by atoms with Crippen LogP contribution in [0.2, 0.25) is 5.02 Å². The minimum atomic E-state index is -3.07. The molecule has 0 spiro atoms. The van der Waals surface area contributed by atoms with E-state index in [0.29, 0.717) is 11.4 Å². The minimum absolute atomic E-state index is 0.0494. The molecule has 1 aliphatic heterocycles. The number of nitrogen functional groups attached to an aromatic ring is 1. The van der Waals surface area contributed by atoms with Crippen LogP contribution in [0.3, 0.4) is 0 Å². The van der Waals surface area contributed by atoms with Crippen molar-refractivity contribution in [2.24, 2.45) is 0 Å². The highest BCUT2D eigenvalue weighted by Gasteiger charge is 2.39. The van der Waals surface area contributed by atoms with Gasteiger partial charge in [0.2, 0.25) is 0 Å². The molecule has 19 heavy (non-hydrogen) atoms. The van der Waals surface area contributed by atoms with Gasteiger partial charge < -0.3 is 11.1 Å². The van der Waals surface area contributed by atoms with E-state index in [4.69, 9.17) is 17.3 Å². The van der Waals surface area contributed by atoms with Crippen LogP contribution < -0.4 is 11.1 Å². The lowest BCUT2D eigenvalue weighted by atomic mass is 10.0. The number of para-hydroxylation sites is 1. The lowest BCUT2D eigenvalue weighted by molar-refractivity contribution is 0.0916. The van der Waals surface area contributed by atoms with Gasteiger partial charge in [0.05, 0.1) is 33.3 Å². The van der Waals surface area contributed by atoms with E-state index in [2.05, 4.69) is 5.32 Å². The van der Waals surface area contributed by atoms with Crippen LogP contribution in [-0.2, 0) is 9.84 Å². The molecule has 1 unspecified atom stereocenters. The van der Waals surface area contributed by atoms with Crippen LogP contribution in [0.15, 0.2) is 18.2 Å². The largest absolute Gasteiger partial charge is 0.397 e. The Morgan fingerprint density at radius 1 is 1.47 bits per heavy atom. The number of hydrogen-bond donors (Lipinski definition) is 2. The molecule has 0 saturated carbocycles. The van der Waals surface area contributed by atoms with E-state index in [1.807, 2.05) is 0 Å². The number of halogens is 1. The summed E-state index contributed by atoms with van der Waals surface area (Å²) in [6.07, 6.45) is 0.404. The number of anilines is 1. The van der Waals surface area contributed by atoms with Gasteiger partial charge in [-0.25, -0.2) is 8.42 Å². The molecule has 1 saturated heterocycles. The Balaban J connectivity index is 2.21. The summed E-state index contributed by atoms with van der Waals surface area (Å²) < 4.78 is 23.0. The zero-order chi connectivity index (χ0) is 14.3. The standard InChI is InChI=1S/C12H15ClN2O3S/c1-12(5-6-19(17,18)7-12)15-11(16)8-3-2-4-9(13)10(8)14/h2-4H,5-7,14H2,1H3,(H,15,16). The number of sulfone groups is 1. The predicted molar refractivity (Wildman–Crippen MR) is 75.0 cm³/mol. The van der Waals surface area contributed by atoms with Crippen molar-refractivity contribution in [3.63, 3.8) is 0 Å². The maximum absolute atomic E-state index is 12.1. The molecule has 0 radical (unpaired) electrons. The zero-order valence-electron chi connectivity index (χ0n) is 10.4. The molecule has 0 aromatic heterocycles. The quantitative estimate of drug-likeness (QED) is 0.804. The average Bonchev–Trinajstić information content (AvgIpc) is 2.56. The molecule has 0 aliphatic carbocycles. The van der Waals surface area contributed by atoms with E-state index in [1.54, 1.807) is 25.1 Å². The van der Waals surface area contributed by atoms with Gasteiger partial charge in [-0.05, 0) is 25.5 Å². The van der Waals surface area contributed by atoms with Gasteiger partial charge in [-0.2, -0.15) is 0 Å². The van der Waals surface area contributed by atoms with Gasteiger partial charge in [-0.15, -0.1) is 0 Å². The topological polar surface area (TPSA) is 89.3 Å². The third kappa shape index (κ3) is 3.01. The van der Waals surface area contributed by atoms with Crippen LogP contribution in [-0.4, -0.2) is 31.4 Å². The molecular formula is C12H15ClN2O3S. The number of rotatable bonds is 2. The molecule has 7 heteroatoms. The molecule has 1 atom stereocenters. The number of nitrogens with one attached hydrogen (secondary N) is 1. The maximum atomic E-state index is 12.1. The van der Waals surface area contributed by atoms with Crippen LogP contribution >= 0.6 is 11.6 Å². The monoisotopic (exact) mass is 302 g/mol. The van der Waals surface area contributed by atoms with E-state index in [-0.39, 0.29) is 22.8 Å². The first-order chi connectivity index (χ1) is 8.72. The van der Waals surface area contributed by atoms with Gasteiger partial charge in [0.15, 0.2) is 9.84 Å². The van der Waals surface area contributed by atoms with E-state index >= 15 is 0 Å².